The number of fused-ring (bicyclic) bond motifs is 3. The van der Waals surface area contributed by atoms with E-state index in [4.69, 9.17) is 9.40 Å². The van der Waals surface area contributed by atoms with Crippen LogP contribution in [0.4, 0.5) is 0 Å². The smallest absolute Gasteiger partial charge is 0.121 e. The molecule has 1 radical (unpaired) electrons. The molecule has 4 aromatic carbocycles. The van der Waals surface area contributed by atoms with Gasteiger partial charge in [0.2, 0.25) is 0 Å². The number of furan rings is 1. The molecule has 3 aromatic heterocycles. The van der Waals surface area contributed by atoms with Gasteiger partial charge in [0.15, 0.2) is 0 Å². The molecule has 7 aromatic rings. The van der Waals surface area contributed by atoms with Gasteiger partial charge < -0.3 is 14.4 Å². The van der Waals surface area contributed by atoms with E-state index in [9.17, 15) is 0 Å². The standard InChI is InChI=1S/C24H16NO.C21H28NSi.Ir/c1-16-13-14-25-21(15-16)19-10-5-11-20-23-18(17-7-3-2-4-8-17)9-6-12-22(23)26-24(19)20;1-23(2,3)21-16-22-20(18-12-8-5-9-13-18)15-19(21)14-17-10-6-4-7-11-17;/h2-9,11-15H,1H3;5,8-9,12,15-17H,4,6-7,10-11,14H2,1-3H3;/q2*-1;. The summed E-state index contributed by atoms with van der Waals surface area (Å²) in [6.45, 7) is 9.37. The molecule has 0 amide bonds. The number of nitrogens with zero attached hydrogens (tertiary/aromatic N) is 2. The Hall–Kier alpha value is -4.15. The molecule has 3 heterocycles. The van der Waals surface area contributed by atoms with Crippen molar-refractivity contribution in [1.82, 2.24) is 9.97 Å². The molecule has 0 N–H and O–H groups in total. The number of hydrogen-bond donors (Lipinski definition) is 0. The Morgan fingerprint density at radius 3 is 2.32 bits per heavy atom. The van der Waals surface area contributed by atoms with Gasteiger partial charge in [0, 0.05) is 37.9 Å². The zero-order valence-electron chi connectivity index (χ0n) is 29.4. The van der Waals surface area contributed by atoms with Crippen molar-refractivity contribution in [2.24, 2.45) is 5.92 Å². The van der Waals surface area contributed by atoms with Crippen LogP contribution in [0.3, 0.4) is 0 Å². The van der Waals surface area contributed by atoms with E-state index in [-0.39, 0.29) is 20.1 Å². The molecule has 1 saturated carbocycles. The monoisotopic (exact) mass is 849 g/mol. The molecular formula is C45H44IrN2OSi-2. The molecule has 0 atom stereocenters. The minimum Gasteiger partial charge on any atom is -0.501 e. The van der Waals surface area contributed by atoms with Crippen molar-refractivity contribution in [3.63, 3.8) is 0 Å². The Labute approximate surface area is 311 Å². The average Bonchev–Trinajstić information content (AvgIpc) is 3.52. The molecule has 0 saturated heterocycles. The number of aryl methyl sites for hydroxylation is 1. The van der Waals surface area contributed by atoms with Gasteiger partial charge in [-0.1, -0.05) is 128 Å². The molecule has 1 aliphatic rings. The second kappa shape index (κ2) is 15.8. The fraction of sp³-hybridized carbons (Fsp3) is 0.244. The van der Waals surface area contributed by atoms with Gasteiger partial charge in [-0.25, -0.2) is 0 Å². The van der Waals surface area contributed by atoms with E-state index in [1.807, 2.05) is 48.7 Å². The van der Waals surface area contributed by atoms with Crippen molar-refractivity contribution >= 4 is 35.2 Å². The van der Waals surface area contributed by atoms with E-state index >= 15 is 0 Å². The summed E-state index contributed by atoms with van der Waals surface area (Å²) < 4.78 is 6.27. The number of pyridine rings is 2. The molecule has 1 aliphatic carbocycles. The zero-order valence-corrected chi connectivity index (χ0v) is 32.8. The normalized spacial score (nSPS) is 13.4. The molecule has 0 aliphatic heterocycles. The Morgan fingerprint density at radius 1 is 0.780 bits per heavy atom. The van der Waals surface area contributed by atoms with Crippen LogP contribution in [0.2, 0.25) is 19.6 Å². The largest absolute Gasteiger partial charge is 0.501 e. The van der Waals surface area contributed by atoms with E-state index in [1.54, 1.807) is 10.8 Å². The number of rotatable bonds is 6. The third-order valence-corrected chi connectivity index (χ3v) is 11.8. The Balaban J connectivity index is 0.000000171. The van der Waals surface area contributed by atoms with Crippen LogP contribution in [0.5, 0.6) is 0 Å². The number of hydrogen-bond acceptors (Lipinski definition) is 3. The predicted molar refractivity (Wildman–Crippen MR) is 208 cm³/mol. The summed E-state index contributed by atoms with van der Waals surface area (Å²) in [6.07, 6.45) is 12.3. The van der Waals surface area contributed by atoms with Crippen molar-refractivity contribution in [3.05, 3.63) is 139 Å². The van der Waals surface area contributed by atoms with E-state index in [1.165, 1.54) is 55.2 Å². The zero-order chi connectivity index (χ0) is 33.8. The predicted octanol–water partition coefficient (Wildman–Crippen LogP) is 11.6. The van der Waals surface area contributed by atoms with Gasteiger partial charge >= 0.3 is 0 Å². The van der Waals surface area contributed by atoms with Gasteiger partial charge in [0.05, 0.1) is 13.7 Å². The summed E-state index contributed by atoms with van der Waals surface area (Å²) in [7, 11) is -1.36. The Bertz CT molecular complexity index is 2180. The maximum atomic E-state index is 6.27. The molecule has 50 heavy (non-hydrogen) atoms. The van der Waals surface area contributed by atoms with E-state index < -0.39 is 8.07 Å². The second-order valence-electron chi connectivity index (χ2n) is 14.4. The summed E-state index contributed by atoms with van der Waals surface area (Å²) >= 11 is 0. The first kappa shape index (κ1) is 35.7. The third kappa shape index (κ3) is 7.91. The number of benzene rings is 4. The molecule has 255 valence electrons. The molecule has 5 heteroatoms. The van der Waals surface area contributed by atoms with E-state index in [2.05, 4.69) is 111 Å². The first-order valence-corrected chi connectivity index (χ1v) is 21.2. The Kier molecular flexibility index (Phi) is 11.3. The van der Waals surface area contributed by atoms with Crippen LogP contribution in [-0.4, -0.2) is 18.0 Å². The first-order valence-electron chi connectivity index (χ1n) is 17.7. The molecule has 8 rings (SSSR count). The van der Waals surface area contributed by atoms with Gasteiger partial charge in [-0.05, 0) is 59.1 Å². The topological polar surface area (TPSA) is 38.9 Å². The fourth-order valence-corrected chi connectivity index (χ4v) is 8.85. The molecule has 1 fully saturated rings. The van der Waals surface area contributed by atoms with Crippen LogP contribution in [0.1, 0.15) is 43.2 Å². The van der Waals surface area contributed by atoms with Crippen molar-refractivity contribution in [2.45, 2.75) is 65.1 Å². The van der Waals surface area contributed by atoms with Crippen molar-refractivity contribution in [3.8, 4) is 33.6 Å². The summed E-state index contributed by atoms with van der Waals surface area (Å²) in [6, 6.07) is 41.9. The Morgan fingerprint density at radius 2 is 1.58 bits per heavy atom. The van der Waals surface area contributed by atoms with Crippen LogP contribution in [0, 0.1) is 25.0 Å². The van der Waals surface area contributed by atoms with Gasteiger partial charge in [-0.2, -0.15) is 0 Å². The van der Waals surface area contributed by atoms with Gasteiger partial charge in [-0.15, -0.1) is 54.1 Å². The minimum absolute atomic E-state index is 0. The van der Waals surface area contributed by atoms with Crippen LogP contribution < -0.4 is 5.19 Å². The maximum absolute atomic E-state index is 6.27. The van der Waals surface area contributed by atoms with E-state index in [0.29, 0.717) is 0 Å². The average molecular weight is 849 g/mol. The number of aromatic nitrogens is 2. The van der Waals surface area contributed by atoms with Gasteiger partial charge in [-0.3, -0.25) is 0 Å². The second-order valence-corrected chi connectivity index (χ2v) is 19.5. The van der Waals surface area contributed by atoms with Crippen LogP contribution in [-0.2, 0) is 26.5 Å². The summed E-state index contributed by atoms with van der Waals surface area (Å²) in [5.74, 6) is 0.869. The van der Waals surface area contributed by atoms with Gasteiger partial charge in [0.25, 0.3) is 0 Å². The first-order chi connectivity index (χ1) is 23.8. The van der Waals surface area contributed by atoms with Crippen LogP contribution in [0.15, 0.2) is 120 Å². The molecular weight excluding hydrogens is 805 g/mol. The molecule has 3 nitrogen and oxygen atoms in total. The molecule has 0 bridgehead atoms. The third-order valence-electron chi connectivity index (χ3n) is 9.73. The van der Waals surface area contributed by atoms with Crippen LogP contribution in [0.25, 0.3) is 55.6 Å². The molecule has 0 unspecified atom stereocenters. The maximum Gasteiger partial charge on any atom is 0.121 e. The fourth-order valence-electron chi connectivity index (χ4n) is 7.26. The summed E-state index contributed by atoms with van der Waals surface area (Å²) in [5.41, 5.74) is 10.8. The van der Waals surface area contributed by atoms with Crippen molar-refractivity contribution in [1.29, 1.82) is 0 Å². The van der Waals surface area contributed by atoms with Crippen molar-refractivity contribution in [2.75, 3.05) is 0 Å². The SMILES string of the molecule is C[Si](C)(C)c1cnc(-c2[c-]cccc2)cc1CC1CCCCC1.Cc1ccnc(-c2[c-]ccc3c2oc2cccc(-c4ccccc4)c23)c1.[Ir]. The molecule has 0 spiro atoms. The minimum atomic E-state index is -1.36. The van der Waals surface area contributed by atoms with Crippen molar-refractivity contribution < 1.29 is 24.5 Å². The summed E-state index contributed by atoms with van der Waals surface area (Å²) in [5, 5.41) is 3.77. The van der Waals surface area contributed by atoms with E-state index in [0.717, 1.165) is 50.4 Å². The quantitative estimate of drug-likeness (QED) is 0.124. The van der Waals surface area contributed by atoms with Crippen LogP contribution >= 0.6 is 0 Å². The summed E-state index contributed by atoms with van der Waals surface area (Å²) in [4.78, 5) is 9.29. The van der Waals surface area contributed by atoms with Gasteiger partial charge in [0.1, 0.15) is 5.58 Å².